The third-order valence-corrected chi connectivity index (χ3v) is 8.73. The summed E-state index contributed by atoms with van der Waals surface area (Å²) in [5, 5.41) is 0. The van der Waals surface area contributed by atoms with Crippen LogP contribution >= 0.6 is 10.0 Å². The second kappa shape index (κ2) is 7.44. The number of hydrogen-bond donors (Lipinski definition) is 3. The SMILES string of the molecule is [Cl][Ge]([NH]c1ccccc1)([NH]c1ccccc1)[NH]c1ccccc1. The van der Waals surface area contributed by atoms with Crippen LogP contribution in [0, 0.1) is 0 Å². The van der Waals surface area contributed by atoms with E-state index in [0.29, 0.717) is 0 Å². The number of para-hydroxylation sites is 3. The molecule has 0 aliphatic rings. The van der Waals surface area contributed by atoms with E-state index in [4.69, 9.17) is 10.0 Å². The third-order valence-electron chi connectivity index (χ3n) is 3.27. The summed E-state index contributed by atoms with van der Waals surface area (Å²) < 4.78 is 10.4. The first-order valence-electron chi connectivity index (χ1n) is 7.42. The van der Waals surface area contributed by atoms with Crippen molar-refractivity contribution in [2.45, 2.75) is 0 Å². The molecule has 0 bridgehead atoms. The van der Waals surface area contributed by atoms with Gasteiger partial charge in [0.15, 0.2) is 0 Å². The summed E-state index contributed by atoms with van der Waals surface area (Å²) in [7, 11) is 7.00. The molecule has 3 aromatic carbocycles. The van der Waals surface area contributed by atoms with Gasteiger partial charge in [-0.15, -0.1) is 0 Å². The Labute approximate surface area is 143 Å². The summed E-state index contributed by atoms with van der Waals surface area (Å²) in [4.78, 5) is 0. The number of rotatable bonds is 6. The quantitative estimate of drug-likeness (QED) is 0.524. The maximum absolute atomic E-state index is 7.00. The Balaban J connectivity index is 1.85. The molecule has 0 heterocycles. The predicted octanol–water partition coefficient (Wildman–Crippen LogP) is 5.00. The first-order chi connectivity index (χ1) is 11.2. The van der Waals surface area contributed by atoms with Crippen molar-refractivity contribution in [3.63, 3.8) is 0 Å². The van der Waals surface area contributed by atoms with Crippen LogP contribution in [-0.4, -0.2) is 13.0 Å². The predicted molar refractivity (Wildman–Crippen MR) is 102 cm³/mol. The first kappa shape index (κ1) is 15.8. The number of halogens is 1. The molecule has 0 aliphatic carbocycles. The van der Waals surface area contributed by atoms with E-state index in [9.17, 15) is 0 Å². The molecule has 0 radical (unpaired) electrons. The Morgan fingerprint density at radius 3 is 1.00 bits per heavy atom. The molecule has 0 atom stereocenters. The summed E-state index contributed by atoms with van der Waals surface area (Å²) in [5.74, 6) is 0. The molecule has 0 saturated carbocycles. The van der Waals surface area contributed by atoms with E-state index in [-0.39, 0.29) is 0 Å². The van der Waals surface area contributed by atoms with E-state index < -0.39 is 13.0 Å². The Kier molecular flexibility index (Phi) is 5.10. The standard InChI is InChI=1S/C18H18ClGeN3/c19-20(21-16-10-4-1-5-11-16,22-17-12-6-2-7-13-17)23-18-14-8-3-9-15-18/h1-15,21-23H. The van der Waals surface area contributed by atoms with Gasteiger partial charge in [-0.25, -0.2) is 0 Å². The summed E-state index contributed by atoms with van der Waals surface area (Å²) >= 11 is -3.34. The van der Waals surface area contributed by atoms with Crippen LogP contribution in [0.2, 0.25) is 0 Å². The van der Waals surface area contributed by atoms with Crippen molar-refractivity contribution in [3.05, 3.63) is 91.0 Å². The number of benzene rings is 3. The van der Waals surface area contributed by atoms with Crippen LogP contribution in [0.15, 0.2) is 91.0 Å². The van der Waals surface area contributed by atoms with E-state index in [2.05, 4.69) is 12.8 Å². The van der Waals surface area contributed by atoms with Crippen molar-refractivity contribution >= 4 is 40.1 Å². The zero-order valence-corrected chi connectivity index (χ0v) is 15.4. The van der Waals surface area contributed by atoms with E-state index in [1.54, 1.807) is 0 Å². The number of nitrogens with one attached hydrogen (secondary N) is 3. The topological polar surface area (TPSA) is 36.1 Å². The van der Waals surface area contributed by atoms with Crippen molar-refractivity contribution < 1.29 is 0 Å². The van der Waals surface area contributed by atoms with Crippen LogP contribution in [0.5, 0.6) is 0 Å². The van der Waals surface area contributed by atoms with Gasteiger partial charge in [-0.05, 0) is 0 Å². The van der Waals surface area contributed by atoms with Gasteiger partial charge in [0.25, 0.3) is 0 Å². The fourth-order valence-electron chi connectivity index (χ4n) is 2.25. The van der Waals surface area contributed by atoms with Crippen LogP contribution in [0.4, 0.5) is 17.1 Å². The molecule has 0 saturated heterocycles. The van der Waals surface area contributed by atoms with Crippen LogP contribution < -0.4 is 12.8 Å². The minimum atomic E-state index is -3.34. The fraction of sp³-hybridized carbons (Fsp3) is 0. The van der Waals surface area contributed by atoms with Crippen molar-refractivity contribution in [1.29, 1.82) is 0 Å². The van der Waals surface area contributed by atoms with Gasteiger partial charge in [-0.3, -0.25) is 0 Å². The minimum absolute atomic E-state index is 0.995. The van der Waals surface area contributed by atoms with Crippen molar-refractivity contribution in [3.8, 4) is 0 Å². The molecule has 23 heavy (non-hydrogen) atoms. The summed E-state index contributed by atoms with van der Waals surface area (Å²) in [6, 6.07) is 30.0. The van der Waals surface area contributed by atoms with E-state index >= 15 is 0 Å². The molecule has 3 nitrogen and oxygen atoms in total. The Hall–Kier alpha value is -2.11. The average molecular weight is 384 g/mol. The van der Waals surface area contributed by atoms with Crippen molar-refractivity contribution in [1.82, 2.24) is 0 Å². The van der Waals surface area contributed by atoms with Crippen molar-refractivity contribution in [2.24, 2.45) is 0 Å². The van der Waals surface area contributed by atoms with Crippen LogP contribution in [0.1, 0.15) is 0 Å². The van der Waals surface area contributed by atoms with Gasteiger partial charge in [-0.1, -0.05) is 0 Å². The van der Waals surface area contributed by atoms with Gasteiger partial charge < -0.3 is 0 Å². The molecule has 3 N–H and O–H groups in total. The second-order valence-electron chi connectivity index (χ2n) is 5.13. The van der Waals surface area contributed by atoms with Crippen LogP contribution in [-0.2, 0) is 0 Å². The molecule has 0 aromatic heterocycles. The van der Waals surface area contributed by atoms with Gasteiger partial charge >= 0.3 is 144 Å². The van der Waals surface area contributed by atoms with Gasteiger partial charge in [0.1, 0.15) is 0 Å². The molecular formula is C18H18ClGeN3. The molecule has 116 valence electrons. The zero-order chi connectivity index (χ0) is 16.0. The Morgan fingerprint density at radius 1 is 0.478 bits per heavy atom. The molecule has 0 spiro atoms. The molecule has 0 amide bonds. The van der Waals surface area contributed by atoms with Gasteiger partial charge in [0.2, 0.25) is 0 Å². The van der Waals surface area contributed by atoms with Gasteiger partial charge in [0, 0.05) is 0 Å². The molecular weight excluding hydrogens is 366 g/mol. The van der Waals surface area contributed by atoms with E-state index in [0.717, 1.165) is 17.1 Å². The van der Waals surface area contributed by atoms with E-state index in [1.807, 2.05) is 91.0 Å². The number of hydrogen-bond acceptors (Lipinski definition) is 3. The van der Waals surface area contributed by atoms with Crippen LogP contribution in [0.25, 0.3) is 0 Å². The molecule has 5 heteroatoms. The normalized spacial score (nSPS) is 10.8. The monoisotopic (exact) mass is 385 g/mol. The summed E-state index contributed by atoms with van der Waals surface area (Å²) in [5.41, 5.74) is 2.98. The second-order valence-corrected chi connectivity index (χ2v) is 12.4. The molecule has 3 rings (SSSR count). The molecule has 3 aromatic rings. The van der Waals surface area contributed by atoms with Gasteiger partial charge in [0.05, 0.1) is 0 Å². The van der Waals surface area contributed by atoms with Crippen molar-refractivity contribution in [2.75, 3.05) is 12.8 Å². The molecule has 0 aliphatic heterocycles. The summed E-state index contributed by atoms with van der Waals surface area (Å²) in [6.45, 7) is 0. The maximum atomic E-state index is 7.00. The first-order valence-corrected chi connectivity index (χ1v) is 13.3. The summed E-state index contributed by atoms with van der Waals surface area (Å²) in [6.07, 6.45) is 0. The average Bonchev–Trinajstić information content (AvgIpc) is 2.57. The molecule has 0 unspecified atom stereocenters. The van der Waals surface area contributed by atoms with E-state index in [1.165, 1.54) is 0 Å². The van der Waals surface area contributed by atoms with Gasteiger partial charge in [-0.2, -0.15) is 0 Å². The Bertz CT molecular complexity index is 622. The number of anilines is 3. The molecule has 0 fully saturated rings. The zero-order valence-electron chi connectivity index (χ0n) is 12.5. The fourth-order valence-corrected chi connectivity index (χ4v) is 7.90. The Morgan fingerprint density at radius 2 is 0.739 bits per heavy atom. The van der Waals surface area contributed by atoms with Crippen LogP contribution in [0.3, 0.4) is 0 Å². The third kappa shape index (κ3) is 4.68.